The third-order valence-electron chi connectivity index (χ3n) is 2.04. The monoisotopic (exact) mass is 267 g/mol. The van der Waals surface area contributed by atoms with Gasteiger partial charge in [0.15, 0.2) is 0 Å². The summed E-state index contributed by atoms with van der Waals surface area (Å²) >= 11 is 6.91. The van der Waals surface area contributed by atoms with Crippen LogP contribution >= 0.6 is 22.9 Å². The predicted molar refractivity (Wildman–Crippen MR) is 64.0 cm³/mol. The molecule has 0 spiro atoms. The summed E-state index contributed by atoms with van der Waals surface area (Å²) in [6, 6.07) is 3.07. The van der Waals surface area contributed by atoms with E-state index in [1.807, 2.05) is 13.8 Å². The van der Waals surface area contributed by atoms with E-state index in [4.69, 9.17) is 11.6 Å². The number of rotatable bonds is 5. The molecule has 0 aliphatic rings. The zero-order valence-corrected chi connectivity index (χ0v) is 11.0. The van der Waals surface area contributed by atoms with Crippen molar-refractivity contribution in [1.29, 1.82) is 0 Å². The third-order valence-corrected chi connectivity index (χ3v) is 5.26. The molecule has 0 radical (unpaired) electrons. The fourth-order valence-electron chi connectivity index (χ4n) is 1.02. The van der Waals surface area contributed by atoms with Crippen molar-refractivity contribution in [1.82, 2.24) is 4.72 Å². The summed E-state index contributed by atoms with van der Waals surface area (Å²) in [5.74, 6) is 0.458. The fraction of sp³-hybridized carbons (Fsp3) is 0.556. The first-order valence-corrected chi connectivity index (χ1v) is 7.49. The van der Waals surface area contributed by atoms with E-state index >= 15 is 0 Å². The largest absolute Gasteiger partial charge is 0.250 e. The lowest BCUT2D eigenvalue weighted by atomic mass is 10.1. The van der Waals surface area contributed by atoms with Gasteiger partial charge in [0.2, 0.25) is 10.0 Å². The first-order valence-electron chi connectivity index (χ1n) is 4.59. The van der Waals surface area contributed by atoms with Crippen LogP contribution in [0.5, 0.6) is 0 Å². The summed E-state index contributed by atoms with van der Waals surface area (Å²) in [7, 11) is -3.39. The Hall–Kier alpha value is -0.100. The molecule has 3 nitrogen and oxygen atoms in total. The molecule has 6 heteroatoms. The molecule has 0 saturated heterocycles. The molecule has 0 fully saturated rings. The summed E-state index contributed by atoms with van der Waals surface area (Å²) in [6.45, 7) is 3.87. The lowest BCUT2D eigenvalue weighted by Crippen LogP contribution is -2.39. The van der Waals surface area contributed by atoms with Crippen molar-refractivity contribution in [3.05, 3.63) is 17.5 Å². The minimum Gasteiger partial charge on any atom is -0.206 e. The molecular formula is C9H14ClNO2S2. The molecule has 0 aliphatic carbocycles. The average Bonchev–Trinajstić information content (AvgIpc) is 2.67. The molecule has 1 N–H and O–H groups in total. The number of hydrogen-bond donors (Lipinski definition) is 1. The molecule has 0 amide bonds. The van der Waals surface area contributed by atoms with E-state index in [1.54, 1.807) is 17.5 Å². The van der Waals surface area contributed by atoms with Crippen LogP contribution in [0.25, 0.3) is 0 Å². The van der Waals surface area contributed by atoms with Gasteiger partial charge in [-0.3, -0.25) is 0 Å². The van der Waals surface area contributed by atoms with Crippen LogP contribution in [0.3, 0.4) is 0 Å². The van der Waals surface area contributed by atoms with E-state index in [9.17, 15) is 8.42 Å². The zero-order chi connectivity index (χ0) is 11.5. The molecule has 1 atom stereocenters. The van der Waals surface area contributed by atoms with Crippen molar-refractivity contribution in [2.45, 2.75) is 24.1 Å². The Morgan fingerprint density at radius 2 is 2.20 bits per heavy atom. The first-order chi connectivity index (χ1) is 6.97. The van der Waals surface area contributed by atoms with Gasteiger partial charge in [0, 0.05) is 11.9 Å². The molecule has 1 aromatic rings. The van der Waals surface area contributed by atoms with Gasteiger partial charge in [0.05, 0.1) is 0 Å². The zero-order valence-electron chi connectivity index (χ0n) is 8.60. The van der Waals surface area contributed by atoms with Crippen molar-refractivity contribution in [3.63, 3.8) is 0 Å². The van der Waals surface area contributed by atoms with Crippen LogP contribution in [0.1, 0.15) is 13.8 Å². The molecule has 1 rings (SSSR count). The second-order valence-electron chi connectivity index (χ2n) is 3.56. The van der Waals surface area contributed by atoms with Crippen LogP contribution in [-0.4, -0.2) is 20.3 Å². The predicted octanol–water partition coefficient (Wildman–Crippen LogP) is 2.29. The second kappa shape index (κ2) is 5.30. The highest BCUT2D eigenvalue weighted by Crippen LogP contribution is 2.17. The van der Waals surface area contributed by atoms with Crippen LogP contribution in [0.4, 0.5) is 0 Å². The van der Waals surface area contributed by atoms with Crippen molar-refractivity contribution in [2.24, 2.45) is 5.92 Å². The first kappa shape index (κ1) is 13.0. The van der Waals surface area contributed by atoms with Gasteiger partial charge in [0.1, 0.15) is 4.21 Å². The van der Waals surface area contributed by atoms with Gasteiger partial charge in [-0.05, 0) is 17.4 Å². The van der Waals surface area contributed by atoms with Gasteiger partial charge >= 0.3 is 0 Å². The van der Waals surface area contributed by atoms with E-state index in [1.165, 1.54) is 11.3 Å². The molecule has 1 heterocycles. The van der Waals surface area contributed by atoms with Crippen molar-refractivity contribution in [3.8, 4) is 0 Å². The number of thiophene rings is 1. The van der Waals surface area contributed by atoms with Crippen LogP contribution in [0.15, 0.2) is 21.7 Å². The Morgan fingerprint density at radius 3 is 2.60 bits per heavy atom. The van der Waals surface area contributed by atoms with Crippen LogP contribution < -0.4 is 4.72 Å². The topological polar surface area (TPSA) is 46.2 Å². The van der Waals surface area contributed by atoms with E-state index in [-0.39, 0.29) is 17.8 Å². The number of nitrogens with one attached hydrogen (secondary N) is 1. The summed E-state index contributed by atoms with van der Waals surface area (Å²) in [4.78, 5) is 0. The molecule has 0 bridgehead atoms. The average molecular weight is 268 g/mol. The molecule has 86 valence electrons. The summed E-state index contributed by atoms with van der Waals surface area (Å²) < 4.78 is 26.5. The maximum absolute atomic E-state index is 11.8. The van der Waals surface area contributed by atoms with E-state index < -0.39 is 10.0 Å². The molecule has 15 heavy (non-hydrogen) atoms. The Morgan fingerprint density at radius 1 is 1.53 bits per heavy atom. The summed E-state index contributed by atoms with van der Waals surface area (Å²) in [6.07, 6.45) is 0. The van der Waals surface area contributed by atoms with Gasteiger partial charge < -0.3 is 0 Å². The van der Waals surface area contributed by atoms with E-state index in [0.29, 0.717) is 4.21 Å². The Balaban J connectivity index is 2.81. The SMILES string of the molecule is CC(C)C(CCl)NS(=O)(=O)c1cccs1. The molecule has 0 aromatic carbocycles. The maximum atomic E-state index is 11.8. The van der Waals surface area contributed by atoms with Gasteiger partial charge in [0.25, 0.3) is 0 Å². The highest BCUT2D eigenvalue weighted by atomic mass is 35.5. The normalized spacial score (nSPS) is 14.4. The smallest absolute Gasteiger partial charge is 0.206 e. The molecule has 1 aromatic heterocycles. The Bertz CT molecular complexity index is 386. The number of alkyl halides is 1. The number of halogens is 1. The van der Waals surface area contributed by atoms with Gasteiger partial charge in [-0.2, -0.15) is 0 Å². The van der Waals surface area contributed by atoms with Crippen molar-refractivity contribution < 1.29 is 8.42 Å². The highest BCUT2D eigenvalue weighted by molar-refractivity contribution is 7.91. The Labute approximate surface area is 99.5 Å². The van der Waals surface area contributed by atoms with Gasteiger partial charge in [-0.15, -0.1) is 22.9 Å². The van der Waals surface area contributed by atoms with Gasteiger partial charge in [-0.1, -0.05) is 19.9 Å². The minimum absolute atomic E-state index is 0.178. The standard InChI is InChI=1S/C9H14ClNO2S2/c1-7(2)8(6-10)11-15(12,13)9-4-3-5-14-9/h3-5,7-8,11H,6H2,1-2H3. The third kappa shape index (κ3) is 3.45. The lowest BCUT2D eigenvalue weighted by Gasteiger charge is -2.18. The van der Waals surface area contributed by atoms with Crippen molar-refractivity contribution >= 4 is 33.0 Å². The summed E-state index contributed by atoms with van der Waals surface area (Å²) in [5, 5.41) is 1.74. The van der Waals surface area contributed by atoms with E-state index in [0.717, 1.165) is 0 Å². The fourth-order valence-corrected chi connectivity index (χ4v) is 3.94. The maximum Gasteiger partial charge on any atom is 0.250 e. The van der Waals surface area contributed by atoms with Crippen LogP contribution in [-0.2, 0) is 10.0 Å². The molecule has 0 aliphatic heterocycles. The molecular weight excluding hydrogens is 254 g/mol. The van der Waals surface area contributed by atoms with Crippen LogP contribution in [0, 0.1) is 5.92 Å². The van der Waals surface area contributed by atoms with Gasteiger partial charge in [-0.25, -0.2) is 13.1 Å². The lowest BCUT2D eigenvalue weighted by molar-refractivity contribution is 0.481. The van der Waals surface area contributed by atoms with Crippen LogP contribution in [0.2, 0.25) is 0 Å². The number of hydrogen-bond acceptors (Lipinski definition) is 3. The molecule has 0 saturated carbocycles. The second-order valence-corrected chi connectivity index (χ2v) is 6.76. The van der Waals surface area contributed by atoms with E-state index in [2.05, 4.69) is 4.72 Å². The minimum atomic E-state index is -3.39. The molecule has 1 unspecified atom stereocenters. The van der Waals surface area contributed by atoms with Crippen molar-refractivity contribution in [2.75, 3.05) is 5.88 Å². The Kier molecular flexibility index (Phi) is 4.58. The highest BCUT2D eigenvalue weighted by Gasteiger charge is 2.22. The quantitative estimate of drug-likeness (QED) is 0.832. The summed E-state index contributed by atoms with van der Waals surface area (Å²) in [5.41, 5.74) is 0. The number of sulfonamides is 1.